The molecule has 0 radical (unpaired) electrons. The standard InChI is InChI=1S/C25H30N4O2S/c1-18-3-6-21(7-4-18)32-25-23(27-24(31-25)19-9-15-30-16-10-19)20-5-8-22(26-17-20)29-13-11-28(2)12-14-29/h3-8,17,19H,9-16H2,1-2H3. The van der Waals surface area contributed by atoms with E-state index < -0.39 is 0 Å². The number of pyridine rings is 1. The molecule has 168 valence electrons. The van der Waals surface area contributed by atoms with Crippen molar-refractivity contribution in [2.75, 3.05) is 51.3 Å². The maximum absolute atomic E-state index is 6.35. The van der Waals surface area contributed by atoms with Crippen molar-refractivity contribution < 1.29 is 9.15 Å². The van der Waals surface area contributed by atoms with Gasteiger partial charge >= 0.3 is 0 Å². The SMILES string of the molecule is Cc1ccc(Sc2oc(C3CCOCC3)nc2-c2ccc(N3CCN(C)CC3)nc2)cc1. The number of ether oxygens (including phenoxy) is 1. The molecule has 3 aromatic rings. The molecule has 0 atom stereocenters. The van der Waals surface area contributed by atoms with E-state index in [4.69, 9.17) is 19.1 Å². The summed E-state index contributed by atoms with van der Waals surface area (Å²) in [5, 5.41) is 0.837. The van der Waals surface area contributed by atoms with Crippen LogP contribution in [0.5, 0.6) is 0 Å². The molecule has 2 aliphatic rings. The molecular formula is C25H30N4O2S. The molecule has 5 rings (SSSR count). The molecule has 6 nitrogen and oxygen atoms in total. The van der Waals surface area contributed by atoms with E-state index in [1.165, 1.54) is 5.56 Å². The van der Waals surface area contributed by atoms with Crippen molar-refractivity contribution in [1.82, 2.24) is 14.9 Å². The highest BCUT2D eigenvalue weighted by atomic mass is 32.2. The average Bonchev–Trinajstić information content (AvgIpc) is 3.25. The maximum atomic E-state index is 6.35. The van der Waals surface area contributed by atoms with Crippen molar-refractivity contribution >= 4 is 17.6 Å². The summed E-state index contributed by atoms with van der Waals surface area (Å²) in [6, 6.07) is 12.8. The van der Waals surface area contributed by atoms with Gasteiger partial charge in [-0.2, -0.15) is 0 Å². The van der Waals surface area contributed by atoms with E-state index in [-0.39, 0.29) is 0 Å². The third-order valence-electron chi connectivity index (χ3n) is 6.26. The van der Waals surface area contributed by atoms with E-state index in [1.807, 2.05) is 6.20 Å². The number of anilines is 1. The van der Waals surface area contributed by atoms with Crippen molar-refractivity contribution in [2.24, 2.45) is 0 Å². The van der Waals surface area contributed by atoms with Crippen LogP contribution < -0.4 is 4.90 Å². The second kappa shape index (κ2) is 9.65. The molecule has 0 amide bonds. The third kappa shape index (κ3) is 4.85. The van der Waals surface area contributed by atoms with Crippen LogP contribution in [0.4, 0.5) is 5.82 Å². The van der Waals surface area contributed by atoms with Crippen LogP contribution in [0, 0.1) is 6.92 Å². The Kier molecular flexibility index (Phi) is 6.48. The summed E-state index contributed by atoms with van der Waals surface area (Å²) in [7, 11) is 2.17. The van der Waals surface area contributed by atoms with Crippen LogP contribution in [0.2, 0.25) is 0 Å². The molecular weight excluding hydrogens is 420 g/mol. The van der Waals surface area contributed by atoms with Crippen LogP contribution >= 0.6 is 11.8 Å². The number of nitrogens with zero attached hydrogens (tertiary/aromatic N) is 4. The summed E-state index contributed by atoms with van der Waals surface area (Å²) in [4.78, 5) is 15.6. The Bertz CT molecular complexity index is 1020. The van der Waals surface area contributed by atoms with E-state index in [9.17, 15) is 0 Å². The number of aromatic nitrogens is 2. The van der Waals surface area contributed by atoms with Gasteiger partial charge in [-0.3, -0.25) is 0 Å². The van der Waals surface area contributed by atoms with Gasteiger partial charge in [0.25, 0.3) is 0 Å². The van der Waals surface area contributed by atoms with E-state index in [2.05, 4.69) is 60.2 Å². The predicted octanol–water partition coefficient (Wildman–Crippen LogP) is 4.84. The minimum Gasteiger partial charge on any atom is -0.433 e. The molecule has 1 aromatic carbocycles. The van der Waals surface area contributed by atoms with E-state index in [0.717, 1.165) is 85.2 Å². The fourth-order valence-corrected chi connectivity index (χ4v) is 5.03. The molecule has 0 unspecified atom stereocenters. The zero-order valence-electron chi connectivity index (χ0n) is 18.8. The van der Waals surface area contributed by atoms with Crippen LogP contribution in [-0.4, -0.2) is 61.3 Å². The number of rotatable bonds is 5. The van der Waals surface area contributed by atoms with Gasteiger partial charge in [-0.25, -0.2) is 9.97 Å². The molecule has 0 N–H and O–H groups in total. The Balaban J connectivity index is 1.43. The van der Waals surface area contributed by atoms with Crippen LogP contribution in [0.25, 0.3) is 11.3 Å². The van der Waals surface area contributed by atoms with Crippen LogP contribution in [0.1, 0.15) is 30.2 Å². The Morgan fingerprint density at radius 3 is 2.41 bits per heavy atom. The van der Waals surface area contributed by atoms with Crippen molar-refractivity contribution in [3.8, 4) is 11.3 Å². The van der Waals surface area contributed by atoms with Gasteiger partial charge < -0.3 is 19.0 Å². The van der Waals surface area contributed by atoms with E-state index in [0.29, 0.717) is 5.92 Å². The van der Waals surface area contributed by atoms with Gasteiger partial charge in [-0.05, 0) is 62.8 Å². The normalized spacial score (nSPS) is 18.2. The summed E-state index contributed by atoms with van der Waals surface area (Å²) in [5.41, 5.74) is 3.13. The van der Waals surface area contributed by atoms with Gasteiger partial charge in [0.05, 0.1) is 0 Å². The minimum absolute atomic E-state index is 0.312. The average molecular weight is 451 g/mol. The number of benzene rings is 1. The zero-order chi connectivity index (χ0) is 21.9. The van der Waals surface area contributed by atoms with Gasteiger partial charge in [-0.1, -0.05) is 17.7 Å². The van der Waals surface area contributed by atoms with Crippen LogP contribution in [-0.2, 0) is 4.74 Å². The first-order chi connectivity index (χ1) is 15.7. The molecule has 0 spiro atoms. The fourth-order valence-electron chi connectivity index (χ4n) is 4.15. The zero-order valence-corrected chi connectivity index (χ0v) is 19.6. The molecule has 2 fully saturated rings. The summed E-state index contributed by atoms with van der Waals surface area (Å²) in [6.07, 6.45) is 3.85. The Morgan fingerprint density at radius 2 is 1.72 bits per heavy atom. The lowest BCUT2D eigenvalue weighted by atomic mass is 10.0. The summed E-state index contributed by atoms with van der Waals surface area (Å²) < 4.78 is 11.9. The van der Waals surface area contributed by atoms with Crippen LogP contribution in [0.3, 0.4) is 0 Å². The third-order valence-corrected chi connectivity index (χ3v) is 7.23. The lowest BCUT2D eigenvalue weighted by Crippen LogP contribution is -2.44. The smallest absolute Gasteiger partial charge is 0.199 e. The number of likely N-dealkylation sites (N-methyl/N-ethyl adjacent to an activating group) is 1. The Hall–Kier alpha value is -2.35. The first-order valence-electron chi connectivity index (χ1n) is 11.4. The molecule has 0 saturated carbocycles. The van der Waals surface area contributed by atoms with Gasteiger partial charge in [0.2, 0.25) is 0 Å². The van der Waals surface area contributed by atoms with Crippen molar-refractivity contribution in [1.29, 1.82) is 0 Å². The van der Waals surface area contributed by atoms with Gasteiger partial charge in [-0.15, -0.1) is 0 Å². The predicted molar refractivity (Wildman–Crippen MR) is 128 cm³/mol. The molecule has 4 heterocycles. The number of oxazole rings is 1. The van der Waals surface area contributed by atoms with Gasteiger partial charge in [0, 0.05) is 62.0 Å². The highest BCUT2D eigenvalue weighted by Crippen LogP contribution is 2.39. The van der Waals surface area contributed by atoms with Crippen LogP contribution in [0.15, 0.2) is 57.0 Å². The second-order valence-electron chi connectivity index (χ2n) is 8.69. The number of aryl methyl sites for hydroxylation is 1. The molecule has 0 aliphatic carbocycles. The lowest BCUT2D eigenvalue weighted by Gasteiger charge is -2.33. The molecule has 2 saturated heterocycles. The number of piperazine rings is 1. The summed E-state index contributed by atoms with van der Waals surface area (Å²) >= 11 is 1.63. The van der Waals surface area contributed by atoms with Crippen molar-refractivity contribution in [3.63, 3.8) is 0 Å². The largest absolute Gasteiger partial charge is 0.433 e. The number of hydrogen-bond acceptors (Lipinski definition) is 7. The Labute approximate surface area is 194 Å². The second-order valence-corrected chi connectivity index (χ2v) is 9.73. The molecule has 0 bridgehead atoms. The molecule has 2 aromatic heterocycles. The topological polar surface area (TPSA) is 54.6 Å². The monoisotopic (exact) mass is 450 g/mol. The highest BCUT2D eigenvalue weighted by Gasteiger charge is 2.25. The summed E-state index contributed by atoms with van der Waals surface area (Å²) in [5.74, 6) is 2.16. The first kappa shape index (κ1) is 21.5. The fraction of sp³-hybridized carbons (Fsp3) is 0.440. The molecule has 7 heteroatoms. The van der Waals surface area contributed by atoms with Crippen molar-refractivity contribution in [3.05, 3.63) is 54.0 Å². The lowest BCUT2D eigenvalue weighted by molar-refractivity contribution is 0.0786. The molecule has 32 heavy (non-hydrogen) atoms. The van der Waals surface area contributed by atoms with E-state index in [1.54, 1.807) is 11.8 Å². The summed E-state index contributed by atoms with van der Waals surface area (Å²) in [6.45, 7) is 7.79. The first-order valence-corrected chi connectivity index (χ1v) is 12.2. The Morgan fingerprint density at radius 1 is 0.969 bits per heavy atom. The quantitative estimate of drug-likeness (QED) is 0.551. The molecule has 2 aliphatic heterocycles. The maximum Gasteiger partial charge on any atom is 0.199 e. The highest BCUT2D eigenvalue weighted by molar-refractivity contribution is 7.99. The number of hydrogen-bond donors (Lipinski definition) is 0. The van der Waals surface area contributed by atoms with Gasteiger partial charge in [0.1, 0.15) is 11.5 Å². The van der Waals surface area contributed by atoms with Gasteiger partial charge in [0.15, 0.2) is 11.0 Å². The van der Waals surface area contributed by atoms with E-state index >= 15 is 0 Å². The van der Waals surface area contributed by atoms with Crippen molar-refractivity contribution in [2.45, 2.75) is 35.7 Å². The minimum atomic E-state index is 0.312.